The van der Waals surface area contributed by atoms with Crippen LogP contribution < -0.4 is 5.73 Å². The van der Waals surface area contributed by atoms with Crippen LogP contribution in [-0.4, -0.2) is 25.2 Å². The molecule has 3 N–H and O–H groups in total. The minimum absolute atomic E-state index is 0.0517. The quantitative estimate of drug-likeness (QED) is 0.387. The summed E-state index contributed by atoms with van der Waals surface area (Å²) in [5.74, 6) is 0.0517. The van der Waals surface area contributed by atoms with E-state index in [-0.39, 0.29) is 12.4 Å². The van der Waals surface area contributed by atoms with Gasteiger partial charge in [0.15, 0.2) is 0 Å². The molecule has 0 radical (unpaired) electrons. The summed E-state index contributed by atoms with van der Waals surface area (Å²) in [6.07, 6.45) is -2.75. The summed E-state index contributed by atoms with van der Waals surface area (Å²) in [6, 6.07) is 0. The van der Waals surface area contributed by atoms with Gasteiger partial charge in [-0.25, -0.2) is 0 Å². The van der Waals surface area contributed by atoms with Gasteiger partial charge in [0.25, 0.3) is 0 Å². The molecule has 0 aromatic carbocycles. The maximum Gasteiger partial charge on any atom is 0.411 e. The predicted molar refractivity (Wildman–Crippen MR) is 42.6 cm³/mol. The number of nitrogens with one attached hydrogen (secondary N) is 1. The van der Waals surface area contributed by atoms with Gasteiger partial charge in [-0.3, -0.25) is 5.41 Å². The van der Waals surface area contributed by atoms with Gasteiger partial charge < -0.3 is 10.5 Å². The third kappa shape index (κ3) is 11.2. The lowest BCUT2D eigenvalue weighted by molar-refractivity contribution is -0.174. The van der Waals surface area contributed by atoms with E-state index in [9.17, 15) is 13.2 Å². The second-order valence-corrected chi connectivity index (χ2v) is 2.65. The topological polar surface area (TPSA) is 59.1 Å². The van der Waals surface area contributed by atoms with Gasteiger partial charge in [0.05, 0.1) is 5.84 Å². The van der Waals surface area contributed by atoms with Gasteiger partial charge in [-0.2, -0.15) is 13.2 Å². The van der Waals surface area contributed by atoms with Crippen LogP contribution in [0.2, 0.25) is 0 Å². The third-order valence-corrected chi connectivity index (χ3v) is 1.25. The Hall–Kier alpha value is -0.780. The fourth-order valence-corrected chi connectivity index (χ4v) is 0.707. The monoisotopic (exact) mass is 198 g/mol. The van der Waals surface area contributed by atoms with Crippen LogP contribution in [0.15, 0.2) is 0 Å². The Morgan fingerprint density at radius 1 is 1.31 bits per heavy atom. The molecule has 0 bridgehead atoms. The molecule has 0 saturated heterocycles. The van der Waals surface area contributed by atoms with Crippen molar-refractivity contribution in [1.82, 2.24) is 0 Å². The van der Waals surface area contributed by atoms with Gasteiger partial charge in [0.2, 0.25) is 0 Å². The van der Waals surface area contributed by atoms with Gasteiger partial charge in [0.1, 0.15) is 6.61 Å². The largest absolute Gasteiger partial charge is 0.411 e. The molecule has 0 rings (SSSR count). The van der Waals surface area contributed by atoms with Crippen molar-refractivity contribution < 1.29 is 17.9 Å². The van der Waals surface area contributed by atoms with E-state index in [4.69, 9.17) is 11.1 Å². The zero-order chi connectivity index (χ0) is 10.3. The number of halogens is 3. The Kier molecular flexibility index (Phi) is 5.45. The molecule has 13 heavy (non-hydrogen) atoms. The molecular formula is C7H13F3N2O. The minimum atomic E-state index is -4.25. The molecule has 0 aliphatic heterocycles. The fourth-order valence-electron chi connectivity index (χ4n) is 0.707. The predicted octanol–water partition coefficient (Wildman–Crippen LogP) is 1.67. The van der Waals surface area contributed by atoms with Gasteiger partial charge in [-0.05, 0) is 12.8 Å². The number of amidine groups is 1. The van der Waals surface area contributed by atoms with E-state index in [2.05, 4.69) is 4.74 Å². The lowest BCUT2D eigenvalue weighted by atomic mass is 10.2. The minimum Gasteiger partial charge on any atom is -0.388 e. The second-order valence-electron chi connectivity index (χ2n) is 2.65. The number of nitrogens with two attached hydrogens (primary N) is 1. The summed E-state index contributed by atoms with van der Waals surface area (Å²) >= 11 is 0. The van der Waals surface area contributed by atoms with Crippen molar-refractivity contribution >= 4 is 5.84 Å². The molecule has 0 aromatic heterocycles. The van der Waals surface area contributed by atoms with Gasteiger partial charge >= 0.3 is 6.18 Å². The Morgan fingerprint density at radius 3 is 2.38 bits per heavy atom. The van der Waals surface area contributed by atoms with E-state index < -0.39 is 12.8 Å². The van der Waals surface area contributed by atoms with E-state index in [0.717, 1.165) is 0 Å². The van der Waals surface area contributed by atoms with Crippen molar-refractivity contribution in [3.05, 3.63) is 0 Å². The molecule has 0 atom stereocenters. The summed E-state index contributed by atoms with van der Waals surface area (Å²) < 4.78 is 38.9. The number of ether oxygens (including phenoxy) is 1. The third-order valence-electron chi connectivity index (χ3n) is 1.25. The standard InChI is InChI=1S/C7H13F3N2O/c8-7(9,10)5-13-4-2-1-3-6(11)12/h1-5H2,(H3,11,12). The second kappa shape index (κ2) is 5.80. The first-order chi connectivity index (χ1) is 5.92. The maximum absolute atomic E-state index is 11.5. The molecular weight excluding hydrogens is 185 g/mol. The van der Waals surface area contributed by atoms with Gasteiger partial charge in [-0.15, -0.1) is 0 Å². The zero-order valence-corrected chi connectivity index (χ0v) is 7.16. The van der Waals surface area contributed by atoms with Crippen molar-refractivity contribution in [2.75, 3.05) is 13.2 Å². The Balaban J connectivity index is 3.13. The van der Waals surface area contributed by atoms with Crippen LogP contribution in [0.25, 0.3) is 0 Å². The van der Waals surface area contributed by atoms with E-state index in [1.807, 2.05) is 0 Å². The number of hydrogen-bond donors (Lipinski definition) is 2. The molecule has 0 aromatic rings. The normalized spacial score (nSPS) is 11.6. The van der Waals surface area contributed by atoms with Crippen LogP contribution >= 0.6 is 0 Å². The van der Waals surface area contributed by atoms with Crippen LogP contribution in [0, 0.1) is 5.41 Å². The highest BCUT2D eigenvalue weighted by atomic mass is 19.4. The van der Waals surface area contributed by atoms with Crippen molar-refractivity contribution in [1.29, 1.82) is 5.41 Å². The molecule has 0 aliphatic rings. The van der Waals surface area contributed by atoms with Crippen LogP contribution in [-0.2, 0) is 4.74 Å². The lowest BCUT2D eigenvalue weighted by Crippen LogP contribution is -2.17. The van der Waals surface area contributed by atoms with Crippen molar-refractivity contribution in [2.45, 2.75) is 25.4 Å². The Morgan fingerprint density at radius 2 is 1.92 bits per heavy atom. The van der Waals surface area contributed by atoms with Gasteiger partial charge in [0, 0.05) is 13.0 Å². The van der Waals surface area contributed by atoms with E-state index in [0.29, 0.717) is 19.3 Å². The molecule has 0 aliphatic carbocycles. The average Bonchev–Trinajstić information content (AvgIpc) is 1.93. The molecule has 0 saturated carbocycles. The lowest BCUT2D eigenvalue weighted by Gasteiger charge is -2.06. The zero-order valence-electron chi connectivity index (χ0n) is 7.16. The molecule has 3 nitrogen and oxygen atoms in total. The summed E-state index contributed by atoms with van der Waals surface area (Å²) in [6.45, 7) is -1.14. The molecule has 0 spiro atoms. The molecule has 0 fully saturated rings. The van der Waals surface area contributed by atoms with Gasteiger partial charge in [-0.1, -0.05) is 0 Å². The first kappa shape index (κ1) is 12.2. The van der Waals surface area contributed by atoms with Crippen LogP contribution in [0.5, 0.6) is 0 Å². The molecule has 6 heteroatoms. The average molecular weight is 198 g/mol. The number of alkyl halides is 3. The maximum atomic E-state index is 11.5. The summed E-state index contributed by atoms with van der Waals surface area (Å²) in [5, 5.41) is 6.83. The van der Waals surface area contributed by atoms with Crippen LogP contribution in [0.4, 0.5) is 13.2 Å². The first-order valence-electron chi connectivity index (χ1n) is 3.89. The first-order valence-corrected chi connectivity index (χ1v) is 3.89. The fraction of sp³-hybridized carbons (Fsp3) is 0.857. The smallest absolute Gasteiger partial charge is 0.388 e. The summed E-state index contributed by atoms with van der Waals surface area (Å²) in [7, 11) is 0. The molecule has 0 heterocycles. The SMILES string of the molecule is N=C(N)CCCCOCC(F)(F)F. The van der Waals surface area contributed by atoms with E-state index in [1.54, 1.807) is 0 Å². The molecule has 78 valence electrons. The van der Waals surface area contributed by atoms with Crippen LogP contribution in [0.3, 0.4) is 0 Å². The van der Waals surface area contributed by atoms with E-state index >= 15 is 0 Å². The Labute approximate surface area is 74.6 Å². The highest BCUT2D eigenvalue weighted by molar-refractivity contribution is 5.76. The number of unbranched alkanes of at least 4 members (excludes halogenated alkanes) is 1. The van der Waals surface area contributed by atoms with Crippen LogP contribution in [0.1, 0.15) is 19.3 Å². The highest BCUT2D eigenvalue weighted by Crippen LogP contribution is 2.14. The molecule has 0 unspecified atom stereocenters. The van der Waals surface area contributed by atoms with Crippen molar-refractivity contribution in [2.24, 2.45) is 5.73 Å². The Bertz CT molecular complexity index is 158. The van der Waals surface area contributed by atoms with E-state index in [1.165, 1.54) is 0 Å². The summed E-state index contributed by atoms with van der Waals surface area (Å²) in [5.41, 5.74) is 5.04. The number of rotatable bonds is 6. The summed E-state index contributed by atoms with van der Waals surface area (Å²) in [4.78, 5) is 0. The number of hydrogen-bond acceptors (Lipinski definition) is 2. The van der Waals surface area contributed by atoms with Crippen molar-refractivity contribution in [3.8, 4) is 0 Å². The van der Waals surface area contributed by atoms with Crippen molar-refractivity contribution in [3.63, 3.8) is 0 Å². The molecule has 0 amide bonds. The highest BCUT2D eigenvalue weighted by Gasteiger charge is 2.26.